The molecule has 0 spiro atoms. The van der Waals surface area contributed by atoms with Gasteiger partial charge in [-0.3, -0.25) is 0 Å². The van der Waals surface area contributed by atoms with Crippen molar-refractivity contribution in [3.63, 3.8) is 0 Å². The lowest BCUT2D eigenvalue weighted by Gasteiger charge is -2.29. The van der Waals surface area contributed by atoms with Crippen molar-refractivity contribution in [2.75, 3.05) is 25.5 Å². The Bertz CT molecular complexity index is 992. The number of imidazole rings is 1. The third-order valence-corrected chi connectivity index (χ3v) is 5.54. The summed E-state index contributed by atoms with van der Waals surface area (Å²) in [5, 5.41) is 23.8. The van der Waals surface area contributed by atoms with E-state index in [2.05, 4.69) is 17.3 Å². The van der Waals surface area contributed by atoms with E-state index in [-0.39, 0.29) is 17.3 Å². The van der Waals surface area contributed by atoms with Crippen LogP contribution in [0.1, 0.15) is 24.0 Å². The van der Waals surface area contributed by atoms with Crippen LogP contribution in [-0.4, -0.2) is 50.8 Å². The number of hydrogen-bond acceptors (Lipinski definition) is 5. The second kappa shape index (κ2) is 7.31. The minimum absolute atomic E-state index is 0.148. The van der Waals surface area contributed by atoms with Crippen molar-refractivity contribution in [1.29, 1.82) is 0 Å². The van der Waals surface area contributed by atoms with Gasteiger partial charge < -0.3 is 25.0 Å². The molecular formula is C21H25FN4O2. The summed E-state index contributed by atoms with van der Waals surface area (Å²) < 4.78 is 15.3. The van der Waals surface area contributed by atoms with Crippen LogP contribution in [0.4, 0.5) is 10.3 Å². The molecule has 28 heavy (non-hydrogen) atoms. The molecule has 0 unspecified atom stereocenters. The highest BCUT2D eigenvalue weighted by Crippen LogP contribution is 2.36. The number of phenols is 2. The molecule has 3 N–H and O–H groups in total. The minimum atomic E-state index is -0.276. The number of anilines is 1. The topological polar surface area (TPSA) is 73.5 Å². The van der Waals surface area contributed by atoms with Gasteiger partial charge in [0.1, 0.15) is 5.82 Å². The highest BCUT2D eigenvalue weighted by atomic mass is 19.1. The third kappa shape index (κ3) is 3.49. The van der Waals surface area contributed by atoms with Crippen molar-refractivity contribution in [3.05, 3.63) is 47.3 Å². The minimum Gasteiger partial charge on any atom is -0.504 e. The zero-order chi connectivity index (χ0) is 19.8. The number of fused-ring (bicyclic) bond motifs is 1. The molecule has 0 radical (unpaired) electrons. The van der Waals surface area contributed by atoms with Crippen molar-refractivity contribution in [2.45, 2.75) is 32.4 Å². The second-order valence-electron chi connectivity index (χ2n) is 7.61. The van der Waals surface area contributed by atoms with Crippen molar-refractivity contribution in [3.8, 4) is 11.5 Å². The molecule has 2 aromatic carbocycles. The smallest absolute Gasteiger partial charge is 0.204 e. The SMILES string of the molecule is Cc1c(O)c(O)cc2c1nc(NC1CCN(C)CC1)n2Cc1ccc(F)cc1. The first-order chi connectivity index (χ1) is 13.4. The molecule has 0 saturated carbocycles. The zero-order valence-electron chi connectivity index (χ0n) is 16.1. The van der Waals surface area contributed by atoms with Crippen LogP contribution in [0, 0.1) is 12.7 Å². The van der Waals surface area contributed by atoms with Gasteiger partial charge >= 0.3 is 0 Å². The molecule has 6 nitrogen and oxygen atoms in total. The summed E-state index contributed by atoms with van der Waals surface area (Å²) in [4.78, 5) is 7.04. The van der Waals surface area contributed by atoms with E-state index in [4.69, 9.17) is 4.98 Å². The van der Waals surface area contributed by atoms with E-state index in [1.54, 1.807) is 19.1 Å². The van der Waals surface area contributed by atoms with Crippen molar-refractivity contribution in [1.82, 2.24) is 14.5 Å². The van der Waals surface area contributed by atoms with Crippen LogP contribution in [0.5, 0.6) is 11.5 Å². The summed E-state index contributed by atoms with van der Waals surface area (Å²) in [6.07, 6.45) is 2.04. The Hall–Kier alpha value is -2.80. The first-order valence-corrected chi connectivity index (χ1v) is 9.53. The number of piperidine rings is 1. The lowest BCUT2D eigenvalue weighted by Crippen LogP contribution is -2.37. The summed E-state index contributed by atoms with van der Waals surface area (Å²) in [7, 11) is 2.12. The predicted octanol–water partition coefficient (Wildman–Crippen LogP) is 3.45. The van der Waals surface area contributed by atoms with Crippen molar-refractivity contribution < 1.29 is 14.6 Å². The fourth-order valence-electron chi connectivity index (χ4n) is 3.77. The Morgan fingerprint density at radius 3 is 2.54 bits per heavy atom. The van der Waals surface area contributed by atoms with E-state index in [0.717, 1.165) is 37.0 Å². The maximum atomic E-state index is 13.3. The Morgan fingerprint density at radius 1 is 1.18 bits per heavy atom. The molecular weight excluding hydrogens is 359 g/mol. The Labute approximate surface area is 163 Å². The number of nitrogens with one attached hydrogen (secondary N) is 1. The van der Waals surface area contributed by atoms with E-state index in [0.29, 0.717) is 29.6 Å². The van der Waals surface area contributed by atoms with Crippen molar-refractivity contribution in [2.24, 2.45) is 0 Å². The maximum absolute atomic E-state index is 13.3. The highest BCUT2D eigenvalue weighted by molar-refractivity contribution is 5.86. The Kier molecular flexibility index (Phi) is 4.85. The molecule has 1 aliphatic rings. The van der Waals surface area contributed by atoms with Gasteiger partial charge in [0.25, 0.3) is 0 Å². The van der Waals surface area contributed by atoms with Crippen LogP contribution in [0.15, 0.2) is 30.3 Å². The van der Waals surface area contributed by atoms with E-state index in [1.807, 2.05) is 4.57 Å². The van der Waals surface area contributed by atoms with Gasteiger partial charge in [0.05, 0.1) is 17.6 Å². The highest BCUT2D eigenvalue weighted by Gasteiger charge is 2.22. The summed E-state index contributed by atoms with van der Waals surface area (Å²) in [6, 6.07) is 8.21. The fourth-order valence-corrected chi connectivity index (χ4v) is 3.77. The number of likely N-dealkylation sites (tertiary alicyclic amines) is 1. The lowest BCUT2D eigenvalue weighted by atomic mass is 10.1. The summed E-state index contributed by atoms with van der Waals surface area (Å²) in [5.41, 5.74) is 2.84. The van der Waals surface area contributed by atoms with Crippen LogP contribution >= 0.6 is 0 Å². The molecule has 0 aliphatic carbocycles. The maximum Gasteiger partial charge on any atom is 0.204 e. The number of hydrogen-bond donors (Lipinski definition) is 3. The molecule has 7 heteroatoms. The van der Waals surface area contributed by atoms with Crippen LogP contribution in [0.3, 0.4) is 0 Å². The second-order valence-corrected chi connectivity index (χ2v) is 7.61. The number of aromatic hydroxyl groups is 2. The molecule has 2 heterocycles. The van der Waals surface area contributed by atoms with Gasteiger partial charge in [-0.15, -0.1) is 0 Å². The van der Waals surface area contributed by atoms with Crippen LogP contribution in [0.2, 0.25) is 0 Å². The van der Waals surface area contributed by atoms with E-state index >= 15 is 0 Å². The molecule has 148 valence electrons. The summed E-state index contributed by atoms with van der Waals surface area (Å²) >= 11 is 0. The van der Waals surface area contributed by atoms with Gasteiger partial charge in [-0.25, -0.2) is 9.37 Å². The number of nitrogens with zero attached hydrogens (tertiary/aromatic N) is 3. The van der Waals surface area contributed by atoms with E-state index in [1.165, 1.54) is 18.2 Å². The number of benzene rings is 2. The largest absolute Gasteiger partial charge is 0.504 e. The molecule has 1 aromatic heterocycles. The monoisotopic (exact) mass is 384 g/mol. The molecule has 4 rings (SSSR count). The first-order valence-electron chi connectivity index (χ1n) is 9.53. The van der Waals surface area contributed by atoms with Gasteiger partial charge in [-0.05, 0) is 57.6 Å². The third-order valence-electron chi connectivity index (χ3n) is 5.54. The molecule has 0 bridgehead atoms. The summed E-state index contributed by atoms with van der Waals surface area (Å²) in [6.45, 7) is 4.27. The Morgan fingerprint density at radius 2 is 1.86 bits per heavy atom. The molecule has 3 aromatic rings. The molecule has 1 fully saturated rings. The van der Waals surface area contributed by atoms with Crippen LogP contribution in [0.25, 0.3) is 11.0 Å². The van der Waals surface area contributed by atoms with E-state index < -0.39 is 0 Å². The molecule has 1 aliphatic heterocycles. The normalized spacial score (nSPS) is 16.0. The number of aromatic nitrogens is 2. The van der Waals surface area contributed by atoms with E-state index in [9.17, 15) is 14.6 Å². The zero-order valence-corrected chi connectivity index (χ0v) is 16.1. The fraction of sp³-hybridized carbons (Fsp3) is 0.381. The molecule has 0 atom stereocenters. The van der Waals surface area contributed by atoms with Gasteiger partial charge in [0.15, 0.2) is 11.5 Å². The number of halogens is 1. The van der Waals surface area contributed by atoms with Crippen molar-refractivity contribution >= 4 is 17.0 Å². The quantitative estimate of drug-likeness (QED) is 0.601. The van der Waals surface area contributed by atoms with Crippen LogP contribution < -0.4 is 5.32 Å². The van der Waals surface area contributed by atoms with Gasteiger partial charge in [0, 0.05) is 17.7 Å². The Balaban J connectivity index is 1.75. The average molecular weight is 384 g/mol. The average Bonchev–Trinajstić information content (AvgIpc) is 3.01. The van der Waals surface area contributed by atoms with Crippen LogP contribution in [-0.2, 0) is 6.54 Å². The first kappa shape index (κ1) is 18.6. The lowest BCUT2D eigenvalue weighted by molar-refractivity contribution is 0.263. The summed E-state index contributed by atoms with van der Waals surface area (Å²) in [5.74, 6) is 0.102. The van der Waals surface area contributed by atoms with Gasteiger partial charge in [0.2, 0.25) is 5.95 Å². The number of aryl methyl sites for hydroxylation is 1. The number of rotatable bonds is 4. The number of phenolic OH excluding ortho intramolecular Hbond substituents is 2. The standard InChI is InChI=1S/C21H25FN4O2/c1-13-19-17(11-18(27)20(13)28)26(12-14-3-5-15(22)6-4-14)21(24-19)23-16-7-9-25(2)10-8-16/h3-6,11,16,27-28H,7-10,12H2,1-2H3,(H,23,24). The molecule has 0 amide bonds. The molecule has 1 saturated heterocycles. The van der Waals surface area contributed by atoms with Gasteiger partial charge in [-0.2, -0.15) is 0 Å². The predicted molar refractivity (Wildman–Crippen MR) is 107 cm³/mol. The van der Waals surface area contributed by atoms with Gasteiger partial charge in [-0.1, -0.05) is 12.1 Å².